The van der Waals surface area contributed by atoms with Crippen LogP contribution in [0.3, 0.4) is 0 Å². The number of imide groups is 1. The van der Waals surface area contributed by atoms with Crippen LogP contribution in [0.5, 0.6) is 0 Å². The second-order valence-corrected chi connectivity index (χ2v) is 6.79. The van der Waals surface area contributed by atoms with Crippen molar-refractivity contribution in [1.29, 1.82) is 0 Å². The van der Waals surface area contributed by atoms with E-state index in [0.717, 1.165) is 17.0 Å². The molecule has 0 radical (unpaired) electrons. The minimum Gasteiger partial charge on any atom is -0.462 e. The number of anilines is 2. The Bertz CT molecular complexity index is 1260. The van der Waals surface area contributed by atoms with Crippen molar-refractivity contribution in [3.8, 4) is 0 Å². The van der Waals surface area contributed by atoms with Crippen molar-refractivity contribution in [1.82, 2.24) is 4.98 Å². The van der Waals surface area contributed by atoms with E-state index in [9.17, 15) is 23.6 Å². The third kappa shape index (κ3) is 3.83. The number of amides is 3. The van der Waals surface area contributed by atoms with E-state index >= 15 is 0 Å². The molecule has 1 aliphatic rings. The summed E-state index contributed by atoms with van der Waals surface area (Å²) in [5, 5.41) is 2.55. The summed E-state index contributed by atoms with van der Waals surface area (Å²) in [6, 6.07) is 11.9. The highest BCUT2D eigenvalue weighted by atomic mass is 19.1. The number of pyridine rings is 1. The van der Waals surface area contributed by atoms with Crippen LogP contribution < -0.4 is 10.2 Å². The number of nitrogens with one attached hydrogen (secondary N) is 1. The number of hydrogen-bond acceptors (Lipinski definition) is 6. The monoisotopic (exact) mass is 433 g/mol. The summed E-state index contributed by atoms with van der Waals surface area (Å²) in [6.07, 6.45) is 1.35. The van der Waals surface area contributed by atoms with Crippen LogP contribution in [0.25, 0.3) is 0 Å². The van der Waals surface area contributed by atoms with Gasteiger partial charge >= 0.3 is 5.97 Å². The Morgan fingerprint density at radius 2 is 1.69 bits per heavy atom. The quantitative estimate of drug-likeness (QED) is 0.488. The van der Waals surface area contributed by atoms with Crippen LogP contribution in [0.15, 0.2) is 60.8 Å². The number of aromatic nitrogens is 1. The summed E-state index contributed by atoms with van der Waals surface area (Å²) in [6.45, 7) is 1.89. The summed E-state index contributed by atoms with van der Waals surface area (Å²) in [7, 11) is 0. The lowest BCUT2D eigenvalue weighted by Crippen LogP contribution is -2.29. The fraction of sp³-hybridized carbons (Fsp3) is 0.0870. The number of ether oxygens (including phenoxy) is 1. The van der Waals surface area contributed by atoms with Crippen molar-refractivity contribution in [3.63, 3.8) is 0 Å². The number of carbonyl (C=O) groups is 4. The molecule has 1 N–H and O–H groups in total. The molecule has 0 saturated carbocycles. The van der Waals surface area contributed by atoms with Crippen molar-refractivity contribution in [2.24, 2.45) is 0 Å². The van der Waals surface area contributed by atoms with E-state index < -0.39 is 29.5 Å². The zero-order valence-electron chi connectivity index (χ0n) is 16.8. The maximum absolute atomic E-state index is 13.2. The summed E-state index contributed by atoms with van der Waals surface area (Å²) >= 11 is 0. The molecule has 0 unspecified atom stereocenters. The van der Waals surface area contributed by atoms with Gasteiger partial charge in [-0.15, -0.1) is 0 Å². The van der Waals surface area contributed by atoms with Crippen LogP contribution in [-0.4, -0.2) is 35.3 Å². The molecule has 2 aromatic carbocycles. The van der Waals surface area contributed by atoms with E-state index in [-0.39, 0.29) is 40.4 Å². The maximum Gasteiger partial charge on any atom is 0.338 e. The first-order chi connectivity index (χ1) is 15.4. The molecule has 1 aliphatic heterocycles. The van der Waals surface area contributed by atoms with Gasteiger partial charge in [0.2, 0.25) is 0 Å². The predicted molar refractivity (Wildman–Crippen MR) is 112 cm³/mol. The van der Waals surface area contributed by atoms with Gasteiger partial charge in [-0.25, -0.2) is 19.1 Å². The molecule has 8 nitrogen and oxygen atoms in total. The summed E-state index contributed by atoms with van der Waals surface area (Å²) in [5.74, 6) is -2.68. The number of halogens is 1. The van der Waals surface area contributed by atoms with E-state index in [0.29, 0.717) is 0 Å². The van der Waals surface area contributed by atoms with Gasteiger partial charge in [0.05, 0.1) is 29.0 Å². The van der Waals surface area contributed by atoms with Crippen molar-refractivity contribution >= 4 is 35.2 Å². The number of esters is 1. The van der Waals surface area contributed by atoms with Crippen LogP contribution in [-0.2, 0) is 4.74 Å². The lowest BCUT2D eigenvalue weighted by molar-refractivity contribution is 0.0525. The normalized spacial score (nSPS) is 12.5. The molecule has 0 fully saturated rings. The minimum absolute atomic E-state index is 0.0557. The maximum atomic E-state index is 13.2. The largest absolute Gasteiger partial charge is 0.462 e. The van der Waals surface area contributed by atoms with Crippen LogP contribution in [0, 0.1) is 5.82 Å². The second kappa shape index (κ2) is 8.38. The van der Waals surface area contributed by atoms with Gasteiger partial charge < -0.3 is 10.1 Å². The Morgan fingerprint density at radius 3 is 2.41 bits per heavy atom. The van der Waals surface area contributed by atoms with E-state index in [1.807, 2.05) is 0 Å². The fourth-order valence-corrected chi connectivity index (χ4v) is 3.24. The minimum atomic E-state index is -0.617. The van der Waals surface area contributed by atoms with Gasteiger partial charge in [-0.2, -0.15) is 0 Å². The Morgan fingerprint density at radius 1 is 0.969 bits per heavy atom. The predicted octanol–water partition coefficient (Wildman–Crippen LogP) is 3.45. The molecular formula is C23H16FN3O5. The second-order valence-electron chi connectivity index (χ2n) is 6.79. The average molecular weight is 433 g/mol. The number of rotatable bonds is 5. The van der Waals surface area contributed by atoms with Gasteiger partial charge in [0.25, 0.3) is 17.7 Å². The standard InChI is InChI=1S/C23H16FN3O5/c1-2-32-23(31)14-9-10-25-19(12-14)26-20(28)13-3-8-17-18(11-13)22(30)27(21(17)29)16-6-4-15(24)5-7-16/h3-12H,2H2,1H3,(H,25,26,28). The molecule has 9 heteroatoms. The number of fused-ring (bicyclic) bond motifs is 1. The molecule has 0 atom stereocenters. The highest BCUT2D eigenvalue weighted by molar-refractivity contribution is 6.34. The van der Waals surface area contributed by atoms with Gasteiger partial charge in [-0.1, -0.05) is 0 Å². The van der Waals surface area contributed by atoms with Crippen molar-refractivity contribution < 1.29 is 28.3 Å². The van der Waals surface area contributed by atoms with E-state index in [2.05, 4.69) is 10.3 Å². The lowest BCUT2D eigenvalue weighted by Gasteiger charge is -2.13. The first-order valence-electron chi connectivity index (χ1n) is 9.62. The highest BCUT2D eigenvalue weighted by Gasteiger charge is 2.37. The third-order valence-corrected chi connectivity index (χ3v) is 4.75. The van der Waals surface area contributed by atoms with Gasteiger partial charge in [0, 0.05) is 11.8 Å². The van der Waals surface area contributed by atoms with Crippen LogP contribution in [0.4, 0.5) is 15.9 Å². The Hall–Kier alpha value is -4.40. The van der Waals surface area contributed by atoms with Gasteiger partial charge in [0.15, 0.2) is 0 Å². The average Bonchev–Trinajstić information content (AvgIpc) is 3.04. The van der Waals surface area contributed by atoms with Crippen molar-refractivity contribution in [2.45, 2.75) is 6.92 Å². The molecule has 3 amide bonds. The zero-order chi connectivity index (χ0) is 22.8. The van der Waals surface area contributed by atoms with E-state index in [1.165, 1.54) is 48.7 Å². The van der Waals surface area contributed by atoms with E-state index in [1.54, 1.807) is 6.92 Å². The first-order valence-corrected chi connectivity index (χ1v) is 9.62. The number of benzene rings is 2. The molecule has 0 saturated heterocycles. The fourth-order valence-electron chi connectivity index (χ4n) is 3.24. The van der Waals surface area contributed by atoms with Gasteiger partial charge in [0.1, 0.15) is 11.6 Å². The Labute approximate surface area is 181 Å². The number of carbonyl (C=O) groups excluding carboxylic acids is 4. The highest BCUT2D eigenvalue weighted by Crippen LogP contribution is 2.29. The molecule has 0 spiro atoms. The molecule has 0 aliphatic carbocycles. The molecule has 2 heterocycles. The van der Waals surface area contributed by atoms with Crippen LogP contribution >= 0.6 is 0 Å². The van der Waals surface area contributed by atoms with Gasteiger partial charge in [-0.05, 0) is 61.5 Å². The SMILES string of the molecule is CCOC(=O)c1ccnc(NC(=O)c2ccc3c(c2)C(=O)N(c2ccc(F)cc2)C3=O)c1. The number of nitrogens with zero attached hydrogens (tertiary/aromatic N) is 2. The first kappa shape index (κ1) is 20.9. The molecule has 0 bridgehead atoms. The zero-order valence-corrected chi connectivity index (χ0v) is 16.8. The topological polar surface area (TPSA) is 106 Å². The lowest BCUT2D eigenvalue weighted by atomic mass is 10.1. The van der Waals surface area contributed by atoms with E-state index in [4.69, 9.17) is 4.74 Å². The molecule has 1 aromatic heterocycles. The third-order valence-electron chi connectivity index (χ3n) is 4.75. The van der Waals surface area contributed by atoms with Crippen LogP contribution in [0.2, 0.25) is 0 Å². The Balaban J connectivity index is 1.57. The smallest absolute Gasteiger partial charge is 0.338 e. The van der Waals surface area contributed by atoms with Crippen molar-refractivity contribution in [2.75, 3.05) is 16.8 Å². The summed E-state index contributed by atoms with van der Waals surface area (Å²) in [5.41, 5.74) is 0.762. The van der Waals surface area contributed by atoms with Crippen molar-refractivity contribution in [3.05, 3.63) is 88.9 Å². The molecule has 32 heavy (non-hydrogen) atoms. The molecule has 4 rings (SSSR count). The molecule has 160 valence electrons. The molecular weight excluding hydrogens is 417 g/mol. The Kier molecular flexibility index (Phi) is 5.46. The summed E-state index contributed by atoms with van der Waals surface area (Å²) in [4.78, 5) is 55.0. The molecule has 3 aromatic rings. The van der Waals surface area contributed by atoms with Crippen LogP contribution in [0.1, 0.15) is 48.4 Å². The number of hydrogen-bond donors (Lipinski definition) is 1. The van der Waals surface area contributed by atoms with Gasteiger partial charge in [-0.3, -0.25) is 14.4 Å². The summed E-state index contributed by atoms with van der Waals surface area (Å²) < 4.78 is 18.1.